The fraction of sp³-hybridized carbons (Fsp3) is 0.364. The minimum atomic E-state index is -1.38. The average molecular weight is 464 g/mol. The van der Waals surface area contributed by atoms with E-state index in [1.807, 2.05) is 13.8 Å². The molecule has 0 aromatic heterocycles. The molecule has 0 aliphatic rings. The molecule has 0 saturated heterocycles. The summed E-state index contributed by atoms with van der Waals surface area (Å²) < 4.78 is 21.4. The van der Waals surface area contributed by atoms with Crippen molar-refractivity contribution in [3.8, 4) is 23.0 Å². The SMILES string of the molecule is CCOc1cc(Cl)c(NC(=O)C(N=Nc2cc(OC)cc(OC)c2)C(C)=O)cc1OCC. The number of carbonyl (C=O) groups excluding carboxylic acids is 2. The molecule has 2 rings (SSSR count). The van der Waals surface area contributed by atoms with E-state index >= 15 is 0 Å². The molecule has 1 unspecified atom stereocenters. The number of carbonyl (C=O) groups is 2. The lowest BCUT2D eigenvalue weighted by Crippen LogP contribution is -2.32. The van der Waals surface area contributed by atoms with Crippen molar-refractivity contribution in [3.05, 3.63) is 35.4 Å². The van der Waals surface area contributed by atoms with Crippen LogP contribution >= 0.6 is 11.6 Å². The van der Waals surface area contributed by atoms with E-state index in [0.29, 0.717) is 41.9 Å². The smallest absolute Gasteiger partial charge is 0.258 e. The van der Waals surface area contributed by atoms with E-state index < -0.39 is 17.7 Å². The Hall–Kier alpha value is -3.33. The number of hydrogen-bond acceptors (Lipinski definition) is 8. The molecule has 0 radical (unpaired) electrons. The summed E-state index contributed by atoms with van der Waals surface area (Å²) in [5.74, 6) is 0.668. The maximum Gasteiger partial charge on any atom is 0.258 e. The maximum atomic E-state index is 12.8. The summed E-state index contributed by atoms with van der Waals surface area (Å²) in [6.07, 6.45) is 0. The Bertz CT molecular complexity index is 974. The predicted molar refractivity (Wildman–Crippen MR) is 121 cm³/mol. The van der Waals surface area contributed by atoms with Crippen LogP contribution in [0, 0.1) is 0 Å². The predicted octanol–water partition coefficient (Wildman–Crippen LogP) is 4.83. The van der Waals surface area contributed by atoms with Crippen LogP contribution in [0.25, 0.3) is 0 Å². The first-order valence-electron chi connectivity index (χ1n) is 9.87. The topological polar surface area (TPSA) is 108 Å². The molecular formula is C22H26ClN3O6. The van der Waals surface area contributed by atoms with Crippen molar-refractivity contribution in [1.82, 2.24) is 0 Å². The van der Waals surface area contributed by atoms with Crippen molar-refractivity contribution in [2.45, 2.75) is 26.8 Å². The van der Waals surface area contributed by atoms with Gasteiger partial charge in [-0.2, -0.15) is 10.2 Å². The molecule has 10 heteroatoms. The van der Waals surface area contributed by atoms with Gasteiger partial charge in [-0.15, -0.1) is 0 Å². The first-order valence-corrected chi connectivity index (χ1v) is 10.2. The fourth-order valence-corrected chi connectivity index (χ4v) is 2.86. The summed E-state index contributed by atoms with van der Waals surface area (Å²) in [7, 11) is 3.00. The number of hydrogen-bond donors (Lipinski definition) is 1. The van der Waals surface area contributed by atoms with Crippen LogP contribution in [0.5, 0.6) is 23.0 Å². The van der Waals surface area contributed by atoms with E-state index in [9.17, 15) is 9.59 Å². The van der Waals surface area contributed by atoms with E-state index in [1.54, 1.807) is 24.3 Å². The second-order valence-corrected chi connectivity index (χ2v) is 6.84. The molecule has 2 aromatic carbocycles. The maximum absolute atomic E-state index is 12.8. The fourth-order valence-electron chi connectivity index (χ4n) is 2.66. The Morgan fingerprint density at radius 1 is 0.969 bits per heavy atom. The molecule has 32 heavy (non-hydrogen) atoms. The molecule has 1 atom stereocenters. The minimum Gasteiger partial charge on any atom is -0.497 e. The molecule has 9 nitrogen and oxygen atoms in total. The highest BCUT2D eigenvalue weighted by Crippen LogP contribution is 2.37. The van der Waals surface area contributed by atoms with Crippen LogP contribution in [0.2, 0.25) is 5.02 Å². The van der Waals surface area contributed by atoms with Crippen molar-refractivity contribution in [1.29, 1.82) is 0 Å². The van der Waals surface area contributed by atoms with Crippen molar-refractivity contribution in [2.75, 3.05) is 32.8 Å². The van der Waals surface area contributed by atoms with E-state index in [2.05, 4.69) is 15.5 Å². The molecule has 0 aliphatic carbocycles. The van der Waals surface area contributed by atoms with Gasteiger partial charge >= 0.3 is 0 Å². The van der Waals surface area contributed by atoms with Crippen LogP contribution in [0.15, 0.2) is 40.6 Å². The number of benzene rings is 2. The summed E-state index contributed by atoms with van der Waals surface area (Å²) in [6, 6.07) is 6.55. The molecule has 172 valence electrons. The molecule has 0 heterocycles. The number of nitrogens with one attached hydrogen (secondary N) is 1. The number of amides is 1. The van der Waals surface area contributed by atoms with Crippen LogP contribution in [-0.2, 0) is 9.59 Å². The average Bonchev–Trinajstić information content (AvgIpc) is 2.76. The van der Waals surface area contributed by atoms with Gasteiger partial charge in [0, 0.05) is 30.3 Å². The van der Waals surface area contributed by atoms with Crippen molar-refractivity contribution < 1.29 is 28.5 Å². The molecule has 0 saturated carbocycles. The van der Waals surface area contributed by atoms with E-state index in [-0.39, 0.29) is 10.7 Å². The zero-order valence-corrected chi connectivity index (χ0v) is 19.4. The van der Waals surface area contributed by atoms with Crippen molar-refractivity contribution >= 4 is 34.7 Å². The third-order valence-corrected chi connectivity index (χ3v) is 4.46. The molecule has 0 spiro atoms. The lowest BCUT2D eigenvalue weighted by molar-refractivity contribution is -0.126. The first-order chi connectivity index (χ1) is 15.3. The largest absolute Gasteiger partial charge is 0.497 e. The molecule has 1 N–H and O–H groups in total. The Kier molecular flexibility index (Phi) is 9.27. The van der Waals surface area contributed by atoms with Gasteiger partial charge in [0.15, 0.2) is 17.3 Å². The number of halogens is 1. The zero-order valence-electron chi connectivity index (χ0n) is 18.6. The normalized spacial score (nSPS) is 11.7. The summed E-state index contributed by atoms with van der Waals surface area (Å²) in [5, 5.41) is 10.8. The van der Waals surface area contributed by atoms with Gasteiger partial charge < -0.3 is 24.3 Å². The third-order valence-electron chi connectivity index (χ3n) is 4.15. The summed E-state index contributed by atoms with van der Waals surface area (Å²) in [4.78, 5) is 24.9. The van der Waals surface area contributed by atoms with Gasteiger partial charge in [0.05, 0.1) is 43.8 Å². The van der Waals surface area contributed by atoms with Gasteiger partial charge in [0.2, 0.25) is 6.04 Å². The lowest BCUT2D eigenvalue weighted by Gasteiger charge is -2.15. The zero-order chi connectivity index (χ0) is 23.7. The first kappa shape index (κ1) is 24.9. The van der Waals surface area contributed by atoms with Crippen molar-refractivity contribution in [3.63, 3.8) is 0 Å². The van der Waals surface area contributed by atoms with Gasteiger partial charge in [0.25, 0.3) is 5.91 Å². The number of methoxy groups -OCH3 is 2. The van der Waals surface area contributed by atoms with Crippen LogP contribution in [0.4, 0.5) is 11.4 Å². The van der Waals surface area contributed by atoms with Gasteiger partial charge in [0.1, 0.15) is 11.5 Å². The van der Waals surface area contributed by atoms with Gasteiger partial charge in [-0.1, -0.05) is 11.6 Å². The lowest BCUT2D eigenvalue weighted by atomic mass is 10.2. The third kappa shape index (κ3) is 6.58. The van der Waals surface area contributed by atoms with Gasteiger partial charge in [-0.3, -0.25) is 9.59 Å². The number of nitrogens with zero attached hydrogens (tertiary/aromatic N) is 2. The Morgan fingerprint density at radius 3 is 2.03 bits per heavy atom. The number of azo groups is 1. The number of ether oxygens (including phenoxy) is 4. The van der Waals surface area contributed by atoms with Gasteiger partial charge in [-0.05, 0) is 20.8 Å². The molecule has 2 aromatic rings. The number of anilines is 1. The van der Waals surface area contributed by atoms with Crippen molar-refractivity contribution in [2.24, 2.45) is 10.2 Å². The standard InChI is InChI=1S/C22H26ClN3O6/c1-6-31-19-11-17(23)18(12-20(19)32-7-2)24-22(28)21(13(3)27)26-25-14-8-15(29-4)10-16(9-14)30-5/h8-12,21H,6-7H2,1-5H3,(H,24,28). The van der Waals surface area contributed by atoms with E-state index in [1.165, 1.54) is 27.2 Å². The Labute approximate surface area is 191 Å². The highest BCUT2D eigenvalue weighted by molar-refractivity contribution is 6.34. The van der Waals surface area contributed by atoms with Crippen LogP contribution in [-0.4, -0.2) is 45.2 Å². The Balaban J connectivity index is 2.29. The van der Waals surface area contributed by atoms with Crippen LogP contribution < -0.4 is 24.3 Å². The molecular weight excluding hydrogens is 438 g/mol. The minimum absolute atomic E-state index is 0.224. The summed E-state index contributed by atoms with van der Waals surface area (Å²) >= 11 is 6.29. The number of Topliss-reactive ketones (excluding diaryl/α,β-unsaturated/α-hetero) is 1. The van der Waals surface area contributed by atoms with E-state index in [0.717, 1.165) is 0 Å². The summed E-state index contributed by atoms with van der Waals surface area (Å²) in [6.45, 7) is 5.72. The molecule has 1 amide bonds. The summed E-state index contributed by atoms with van der Waals surface area (Å²) in [5.41, 5.74) is 0.617. The second kappa shape index (κ2) is 11.9. The van der Waals surface area contributed by atoms with E-state index in [4.69, 9.17) is 30.5 Å². The Morgan fingerprint density at radius 2 is 1.53 bits per heavy atom. The molecule has 0 aliphatic heterocycles. The second-order valence-electron chi connectivity index (χ2n) is 6.43. The van der Waals surface area contributed by atoms with Crippen LogP contribution in [0.1, 0.15) is 20.8 Å². The number of ketones is 1. The van der Waals surface area contributed by atoms with Crippen LogP contribution in [0.3, 0.4) is 0 Å². The highest BCUT2D eigenvalue weighted by atomic mass is 35.5. The quantitative estimate of drug-likeness (QED) is 0.377. The molecule has 0 bridgehead atoms. The monoisotopic (exact) mass is 463 g/mol. The molecule has 0 fully saturated rings. The number of rotatable bonds is 11. The van der Waals surface area contributed by atoms with Gasteiger partial charge in [-0.25, -0.2) is 0 Å². The highest BCUT2D eigenvalue weighted by Gasteiger charge is 2.25.